The fourth-order valence-corrected chi connectivity index (χ4v) is 2.56. The van der Waals surface area contributed by atoms with Gasteiger partial charge in [-0.15, -0.1) is 15.3 Å². The molecule has 7 heteroatoms. The summed E-state index contributed by atoms with van der Waals surface area (Å²) in [6.45, 7) is 8.31. The summed E-state index contributed by atoms with van der Waals surface area (Å²) in [5.74, 6) is 0.806. The molecular formula is C12H19N5OS. The number of aromatic nitrogens is 5. The van der Waals surface area contributed by atoms with Gasteiger partial charge in [-0.25, -0.2) is 0 Å². The van der Waals surface area contributed by atoms with Crippen molar-refractivity contribution in [3.05, 3.63) is 16.4 Å². The van der Waals surface area contributed by atoms with Crippen molar-refractivity contribution in [1.29, 1.82) is 0 Å². The summed E-state index contributed by atoms with van der Waals surface area (Å²) in [4.78, 5) is 0. The second kappa shape index (κ2) is 5.75. The molecule has 2 aromatic rings. The monoisotopic (exact) mass is 281 g/mol. The van der Waals surface area contributed by atoms with E-state index >= 15 is 0 Å². The van der Waals surface area contributed by atoms with Gasteiger partial charge in [0.05, 0.1) is 12.3 Å². The minimum absolute atomic E-state index is 0.0993. The van der Waals surface area contributed by atoms with E-state index in [0.29, 0.717) is 22.7 Å². The first-order valence-electron chi connectivity index (χ1n) is 6.41. The average molecular weight is 281 g/mol. The minimum atomic E-state index is -0.0993. The molecule has 2 aromatic heterocycles. The molecule has 19 heavy (non-hydrogen) atoms. The number of aliphatic hydroxyl groups is 1. The number of hydrogen-bond donors (Lipinski definition) is 1. The van der Waals surface area contributed by atoms with Crippen molar-refractivity contribution in [3.8, 4) is 5.13 Å². The van der Waals surface area contributed by atoms with Gasteiger partial charge in [0.1, 0.15) is 10.7 Å². The zero-order valence-electron chi connectivity index (χ0n) is 11.7. The van der Waals surface area contributed by atoms with E-state index in [4.69, 9.17) is 0 Å². The fourth-order valence-electron chi connectivity index (χ4n) is 1.75. The molecule has 0 fully saturated rings. The predicted molar refractivity (Wildman–Crippen MR) is 73.4 cm³/mol. The van der Waals surface area contributed by atoms with Crippen LogP contribution >= 0.6 is 11.3 Å². The van der Waals surface area contributed by atoms with Gasteiger partial charge < -0.3 is 5.11 Å². The molecule has 2 rings (SSSR count). The Morgan fingerprint density at radius 3 is 2.42 bits per heavy atom. The first kappa shape index (κ1) is 14.1. The highest BCUT2D eigenvalue weighted by Gasteiger charge is 2.18. The van der Waals surface area contributed by atoms with Crippen LogP contribution in [0.2, 0.25) is 0 Å². The second-order valence-corrected chi connectivity index (χ2v) is 6.22. The van der Waals surface area contributed by atoms with E-state index < -0.39 is 0 Å². The first-order chi connectivity index (χ1) is 9.02. The van der Waals surface area contributed by atoms with Crippen molar-refractivity contribution >= 4 is 11.3 Å². The largest absolute Gasteiger partial charge is 0.390 e. The smallest absolute Gasteiger partial charge is 0.234 e. The van der Waals surface area contributed by atoms with Crippen molar-refractivity contribution in [2.75, 3.05) is 0 Å². The molecule has 0 aliphatic carbocycles. The summed E-state index contributed by atoms with van der Waals surface area (Å²) in [6, 6.07) is 0. The Labute approximate surface area is 116 Å². The molecule has 0 aromatic carbocycles. The summed E-state index contributed by atoms with van der Waals surface area (Å²) < 4.78 is 1.70. The zero-order chi connectivity index (χ0) is 14.0. The Balaban J connectivity index is 2.40. The summed E-state index contributed by atoms with van der Waals surface area (Å²) >= 11 is 1.52. The lowest BCUT2D eigenvalue weighted by Gasteiger charge is -2.06. The molecule has 0 saturated carbocycles. The van der Waals surface area contributed by atoms with Gasteiger partial charge in [-0.1, -0.05) is 44.2 Å². The molecule has 0 aliphatic rings. The van der Waals surface area contributed by atoms with E-state index in [-0.39, 0.29) is 6.61 Å². The Morgan fingerprint density at radius 1 is 1.16 bits per heavy atom. The van der Waals surface area contributed by atoms with E-state index in [1.807, 2.05) is 0 Å². The molecule has 2 heterocycles. The third-order valence-electron chi connectivity index (χ3n) is 2.70. The summed E-state index contributed by atoms with van der Waals surface area (Å²) in [5.41, 5.74) is 1.54. The van der Waals surface area contributed by atoms with Crippen LogP contribution in [-0.2, 0) is 13.0 Å². The number of rotatable bonds is 5. The summed E-state index contributed by atoms with van der Waals surface area (Å²) in [5, 5.41) is 27.5. The van der Waals surface area contributed by atoms with Crippen molar-refractivity contribution < 1.29 is 5.11 Å². The van der Waals surface area contributed by atoms with Gasteiger partial charge in [-0.05, 0) is 12.3 Å². The Morgan fingerprint density at radius 2 is 1.89 bits per heavy atom. The lowest BCUT2D eigenvalue weighted by molar-refractivity contribution is 0.275. The molecule has 0 atom stereocenters. The van der Waals surface area contributed by atoms with Crippen molar-refractivity contribution in [2.24, 2.45) is 5.92 Å². The SMILES string of the molecule is CC(C)Cc1c(CO)nnn1-c1nnc(C(C)C)s1. The molecular weight excluding hydrogens is 262 g/mol. The highest BCUT2D eigenvalue weighted by atomic mass is 32.1. The fraction of sp³-hybridized carbons (Fsp3) is 0.667. The van der Waals surface area contributed by atoms with Crippen LogP contribution in [-0.4, -0.2) is 30.3 Å². The highest BCUT2D eigenvalue weighted by Crippen LogP contribution is 2.23. The molecule has 104 valence electrons. The van der Waals surface area contributed by atoms with Gasteiger partial charge in [0, 0.05) is 5.92 Å². The van der Waals surface area contributed by atoms with E-state index in [1.54, 1.807) is 4.68 Å². The first-order valence-corrected chi connectivity index (χ1v) is 7.22. The molecule has 0 spiro atoms. The van der Waals surface area contributed by atoms with E-state index in [0.717, 1.165) is 17.1 Å². The minimum Gasteiger partial charge on any atom is -0.390 e. The van der Waals surface area contributed by atoms with Crippen molar-refractivity contribution in [2.45, 2.75) is 46.6 Å². The molecule has 1 N–H and O–H groups in total. The summed E-state index contributed by atoms with van der Waals surface area (Å²) in [6.07, 6.45) is 0.805. The molecule has 0 bridgehead atoms. The molecule has 0 unspecified atom stereocenters. The average Bonchev–Trinajstić information content (AvgIpc) is 2.94. The maximum absolute atomic E-state index is 9.34. The molecule has 0 saturated heterocycles. The van der Waals surface area contributed by atoms with E-state index in [9.17, 15) is 5.11 Å². The van der Waals surface area contributed by atoms with Crippen LogP contribution in [0.25, 0.3) is 5.13 Å². The summed E-state index contributed by atoms with van der Waals surface area (Å²) in [7, 11) is 0. The van der Waals surface area contributed by atoms with E-state index in [1.165, 1.54) is 11.3 Å². The Hall–Kier alpha value is -1.34. The zero-order valence-corrected chi connectivity index (χ0v) is 12.5. The maximum Gasteiger partial charge on any atom is 0.234 e. The number of nitrogens with zero attached hydrogens (tertiary/aromatic N) is 5. The maximum atomic E-state index is 9.34. The predicted octanol–water partition coefficient (Wildman–Crippen LogP) is 1.93. The molecule has 6 nitrogen and oxygen atoms in total. The van der Waals surface area contributed by atoms with Gasteiger partial charge in [0.15, 0.2) is 0 Å². The Kier molecular flexibility index (Phi) is 4.26. The number of aliphatic hydroxyl groups excluding tert-OH is 1. The number of hydrogen-bond acceptors (Lipinski definition) is 6. The standard InChI is InChI=1S/C12H19N5OS/c1-7(2)5-10-9(6-18)13-16-17(10)12-15-14-11(19-12)8(3)4/h7-8,18H,5-6H2,1-4H3. The van der Waals surface area contributed by atoms with Crippen LogP contribution in [0.1, 0.15) is 50.0 Å². The van der Waals surface area contributed by atoms with Gasteiger partial charge >= 0.3 is 0 Å². The third-order valence-corrected chi connectivity index (χ3v) is 3.90. The van der Waals surface area contributed by atoms with Crippen LogP contribution in [0.15, 0.2) is 0 Å². The van der Waals surface area contributed by atoms with Gasteiger partial charge in [-0.3, -0.25) is 0 Å². The quantitative estimate of drug-likeness (QED) is 0.906. The van der Waals surface area contributed by atoms with Crippen LogP contribution in [0, 0.1) is 5.92 Å². The van der Waals surface area contributed by atoms with Crippen molar-refractivity contribution in [1.82, 2.24) is 25.2 Å². The van der Waals surface area contributed by atoms with Gasteiger partial charge in [0.25, 0.3) is 0 Å². The Bertz CT molecular complexity index is 546. The van der Waals surface area contributed by atoms with Crippen molar-refractivity contribution in [3.63, 3.8) is 0 Å². The van der Waals surface area contributed by atoms with Crippen LogP contribution < -0.4 is 0 Å². The van der Waals surface area contributed by atoms with Crippen LogP contribution in [0.5, 0.6) is 0 Å². The molecule has 0 radical (unpaired) electrons. The molecule has 0 amide bonds. The highest BCUT2D eigenvalue weighted by molar-refractivity contribution is 7.13. The second-order valence-electron chi connectivity index (χ2n) is 5.23. The lowest BCUT2D eigenvalue weighted by atomic mass is 10.1. The van der Waals surface area contributed by atoms with Gasteiger partial charge in [0.2, 0.25) is 5.13 Å². The topological polar surface area (TPSA) is 76.7 Å². The molecule has 0 aliphatic heterocycles. The van der Waals surface area contributed by atoms with Gasteiger partial charge in [-0.2, -0.15) is 4.68 Å². The normalized spacial score (nSPS) is 11.7. The third kappa shape index (κ3) is 2.98. The van der Waals surface area contributed by atoms with E-state index in [2.05, 4.69) is 48.2 Å². The lowest BCUT2D eigenvalue weighted by Crippen LogP contribution is -2.07. The van der Waals surface area contributed by atoms with Crippen LogP contribution in [0.4, 0.5) is 0 Å². The van der Waals surface area contributed by atoms with Crippen LogP contribution in [0.3, 0.4) is 0 Å².